The van der Waals surface area contributed by atoms with Gasteiger partial charge in [0.15, 0.2) is 0 Å². The van der Waals surface area contributed by atoms with Crippen molar-refractivity contribution in [2.75, 3.05) is 11.9 Å². The second-order valence-corrected chi connectivity index (χ2v) is 5.98. The highest BCUT2D eigenvalue weighted by atomic mass is 19.1. The molecule has 0 radical (unpaired) electrons. The maximum atomic E-state index is 13.2. The summed E-state index contributed by atoms with van der Waals surface area (Å²) in [6, 6.07) is 10.6. The Balaban J connectivity index is 1.70. The first-order valence-electron chi connectivity index (χ1n) is 8.22. The standard InChI is InChI=1S/C18H18FN3O4/c19-13-5-3-12(4-6-13)17(16-2-1-11-26-16)21-18(23)20-14-7-9-15(10-8-14)22(24)25/h3-10,16-17H,1-2,11H2,(H2,20,21,23). The molecule has 2 atom stereocenters. The van der Waals surface area contributed by atoms with Crippen LogP contribution >= 0.6 is 0 Å². The number of hydrogen-bond donors (Lipinski definition) is 2. The number of rotatable bonds is 5. The van der Waals surface area contributed by atoms with Gasteiger partial charge < -0.3 is 15.4 Å². The van der Waals surface area contributed by atoms with Crippen molar-refractivity contribution in [1.29, 1.82) is 0 Å². The van der Waals surface area contributed by atoms with Crippen LogP contribution in [0.5, 0.6) is 0 Å². The summed E-state index contributed by atoms with van der Waals surface area (Å²) in [5.74, 6) is -0.352. The number of nitrogens with one attached hydrogen (secondary N) is 2. The largest absolute Gasteiger partial charge is 0.376 e. The molecule has 0 saturated carbocycles. The molecule has 2 aromatic rings. The van der Waals surface area contributed by atoms with Crippen molar-refractivity contribution in [2.24, 2.45) is 0 Å². The number of hydrogen-bond acceptors (Lipinski definition) is 4. The van der Waals surface area contributed by atoms with E-state index in [1.54, 1.807) is 12.1 Å². The fourth-order valence-electron chi connectivity index (χ4n) is 2.90. The number of carbonyl (C=O) groups is 1. The highest BCUT2D eigenvalue weighted by molar-refractivity contribution is 5.89. The minimum absolute atomic E-state index is 0.0560. The Morgan fingerprint density at radius 3 is 2.46 bits per heavy atom. The van der Waals surface area contributed by atoms with Gasteiger partial charge in [-0.05, 0) is 42.7 Å². The number of non-ortho nitro benzene ring substituents is 1. The van der Waals surface area contributed by atoms with E-state index in [0.717, 1.165) is 18.4 Å². The molecule has 1 heterocycles. The van der Waals surface area contributed by atoms with Gasteiger partial charge in [0, 0.05) is 24.4 Å². The first-order valence-corrected chi connectivity index (χ1v) is 8.22. The van der Waals surface area contributed by atoms with E-state index in [-0.39, 0.29) is 17.6 Å². The number of nitro groups is 1. The second-order valence-electron chi connectivity index (χ2n) is 5.98. The van der Waals surface area contributed by atoms with E-state index in [2.05, 4.69) is 10.6 Å². The zero-order chi connectivity index (χ0) is 18.5. The van der Waals surface area contributed by atoms with Crippen molar-refractivity contribution in [1.82, 2.24) is 5.32 Å². The number of amides is 2. The van der Waals surface area contributed by atoms with E-state index in [1.165, 1.54) is 36.4 Å². The summed E-state index contributed by atoms with van der Waals surface area (Å²) in [6.07, 6.45) is 1.50. The normalized spacial score (nSPS) is 17.5. The Kier molecular flexibility index (Phi) is 5.43. The lowest BCUT2D eigenvalue weighted by atomic mass is 9.99. The van der Waals surface area contributed by atoms with E-state index >= 15 is 0 Å². The topological polar surface area (TPSA) is 93.5 Å². The van der Waals surface area contributed by atoms with Crippen LogP contribution in [0.4, 0.5) is 20.6 Å². The minimum Gasteiger partial charge on any atom is -0.376 e. The summed E-state index contributed by atoms with van der Waals surface area (Å²) in [4.78, 5) is 22.5. The molecular formula is C18H18FN3O4. The fourth-order valence-corrected chi connectivity index (χ4v) is 2.90. The van der Waals surface area contributed by atoms with Crippen molar-refractivity contribution in [3.63, 3.8) is 0 Å². The van der Waals surface area contributed by atoms with Gasteiger partial charge in [0.2, 0.25) is 0 Å². The van der Waals surface area contributed by atoms with Crippen molar-refractivity contribution < 1.29 is 18.8 Å². The van der Waals surface area contributed by atoms with Gasteiger partial charge in [-0.2, -0.15) is 0 Å². The number of carbonyl (C=O) groups excluding carboxylic acids is 1. The van der Waals surface area contributed by atoms with Gasteiger partial charge in [0.05, 0.1) is 17.1 Å². The summed E-state index contributed by atoms with van der Waals surface area (Å²) in [5.41, 5.74) is 1.12. The van der Waals surface area contributed by atoms with Gasteiger partial charge in [0.25, 0.3) is 5.69 Å². The van der Waals surface area contributed by atoms with Gasteiger partial charge >= 0.3 is 6.03 Å². The van der Waals surface area contributed by atoms with E-state index in [4.69, 9.17) is 4.74 Å². The first kappa shape index (κ1) is 17.8. The van der Waals surface area contributed by atoms with Crippen LogP contribution in [0.25, 0.3) is 0 Å². The Hall–Kier alpha value is -3.00. The number of halogens is 1. The SMILES string of the molecule is O=C(Nc1ccc([N+](=O)[O-])cc1)NC(c1ccc(F)cc1)C1CCCO1. The van der Waals surface area contributed by atoms with Gasteiger partial charge in [-0.1, -0.05) is 12.1 Å². The van der Waals surface area contributed by atoms with Crippen LogP contribution in [-0.2, 0) is 4.74 Å². The Labute approximate surface area is 149 Å². The van der Waals surface area contributed by atoms with Crippen LogP contribution in [0.1, 0.15) is 24.4 Å². The van der Waals surface area contributed by atoms with Crippen LogP contribution in [0.2, 0.25) is 0 Å². The first-order chi connectivity index (χ1) is 12.5. The maximum Gasteiger partial charge on any atom is 0.319 e. The number of benzene rings is 2. The Bertz CT molecular complexity index is 774. The van der Waals surface area contributed by atoms with Crippen LogP contribution in [0, 0.1) is 15.9 Å². The highest BCUT2D eigenvalue weighted by Crippen LogP contribution is 2.27. The molecule has 136 valence electrons. The summed E-state index contributed by atoms with van der Waals surface area (Å²) in [5, 5.41) is 16.2. The van der Waals surface area contributed by atoms with E-state index in [0.29, 0.717) is 12.3 Å². The van der Waals surface area contributed by atoms with Gasteiger partial charge in [-0.25, -0.2) is 9.18 Å². The number of nitro benzene ring substituents is 1. The number of anilines is 1. The Morgan fingerprint density at radius 1 is 1.19 bits per heavy atom. The molecule has 8 heteroatoms. The molecule has 1 aliphatic heterocycles. The van der Waals surface area contributed by atoms with E-state index < -0.39 is 17.0 Å². The predicted octanol–water partition coefficient (Wildman–Crippen LogP) is 3.78. The quantitative estimate of drug-likeness (QED) is 0.628. The molecule has 1 saturated heterocycles. The predicted molar refractivity (Wildman–Crippen MR) is 93.4 cm³/mol. The van der Waals surface area contributed by atoms with Gasteiger partial charge in [-0.3, -0.25) is 10.1 Å². The van der Waals surface area contributed by atoms with Crippen LogP contribution in [-0.4, -0.2) is 23.7 Å². The average Bonchev–Trinajstić information content (AvgIpc) is 3.15. The van der Waals surface area contributed by atoms with Crippen LogP contribution < -0.4 is 10.6 Å². The zero-order valence-electron chi connectivity index (χ0n) is 13.9. The van der Waals surface area contributed by atoms with Crippen molar-refractivity contribution in [2.45, 2.75) is 25.0 Å². The molecule has 0 spiro atoms. The number of urea groups is 1. The van der Waals surface area contributed by atoms with Crippen molar-refractivity contribution >= 4 is 17.4 Å². The third-order valence-electron chi connectivity index (χ3n) is 4.19. The molecule has 1 aliphatic rings. The summed E-state index contributed by atoms with van der Waals surface area (Å²) >= 11 is 0. The molecule has 2 amide bonds. The van der Waals surface area contributed by atoms with Crippen molar-refractivity contribution in [3.05, 3.63) is 70.0 Å². The monoisotopic (exact) mass is 359 g/mol. The minimum atomic E-state index is -0.508. The smallest absolute Gasteiger partial charge is 0.319 e. The molecule has 2 N–H and O–H groups in total. The van der Waals surface area contributed by atoms with E-state index in [1.807, 2.05) is 0 Å². The maximum absolute atomic E-state index is 13.2. The third kappa shape index (κ3) is 4.34. The molecule has 1 fully saturated rings. The average molecular weight is 359 g/mol. The molecule has 7 nitrogen and oxygen atoms in total. The highest BCUT2D eigenvalue weighted by Gasteiger charge is 2.28. The van der Waals surface area contributed by atoms with Crippen LogP contribution in [0.3, 0.4) is 0 Å². The third-order valence-corrected chi connectivity index (χ3v) is 4.19. The molecule has 2 unspecified atom stereocenters. The van der Waals surface area contributed by atoms with Crippen LogP contribution in [0.15, 0.2) is 48.5 Å². The lowest BCUT2D eigenvalue weighted by molar-refractivity contribution is -0.384. The molecule has 0 bridgehead atoms. The van der Waals surface area contributed by atoms with Gasteiger partial charge in [-0.15, -0.1) is 0 Å². The Morgan fingerprint density at radius 2 is 1.88 bits per heavy atom. The van der Waals surface area contributed by atoms with Crippen molar-refractivity contribution in [3.8, 4) is 0 Å². The summed E-state index contributed by atoms with van der Waals surface area (Å²) in [6.45, 7) is 0.619. The molecule has 26 heavy (non-hydrogen) atoms. The summed E-state index contributed by atoms with van der Waals surface area (Å²) < 4.78 is 18.9. The molecule has 0 aliphatic carbocycles. The molecule has 0 aromatic heterocycles. The molecule has 3 rings (SSSR count). The molecular weight excluding hydrogens is 341 g/mol. The zero-order valence-corrected chi connectivity index (χ0v) is 13.9. The summed E-state index contributed by atoms with van der Waals surface area (Å²) in [7, 11) is 0. The number of nitrogens with zero attached hydrogens (tertiary/aromatic N) is 1. The van der Waals surface area contributed by atoms with Gasteiger partial charge in [0.1, 0.15) is 5.82 Å². The lowest BCUT2D eigenvalue weighted by Gasteiger charge is -2.25. The second kappa shape index (κ2) is 7.92. The lowest BCUT2D eigenvalue weighted by Crippen LogP contribution is -2.38. The molecule has 2 aromatic carbocycles. The number of ether oxygens (including phenoxy) is 1. The fraction of sp³-hybridized carbons (Fsp3) is 0.278. The van der Waals surface area contributed by atoms with E-state index in [9.17, 15) is 19.3 Å².